The van der Waals surface area contributed by atoms with Crippen molar-refractivity contribution >= 4 is 6.03 Å². The van der Waals surface area contributed by atoms with Gasteiger partial charge in [-0.25, -0.2) is 4.79 Å². The van der Waals surface area contributed by atoms with Crippen molar-refractivity contribution in [1.29, 1.82) is 0 Å². The Morgan fingerprint density at radius 1 is 1.05 bits per heavy atom. The fourth-order valence-corrected chi connectivity index (χ4v) is 3.91. The Kier molecular flexibility index (Phi) is 3.54. The van der Waals surface area contributed by atoms with Crippen molar-refractivity contribution in [2.24, 2.45) is 0 Å². The molecule has 4 rings (SSSR count). The molecule has 0 saturated carbocycles. The lowest BCUT2D eigenvalue weighted by Gasteiger charge is -2.41. The number of likely N-dealkylation sites (tertiary alicyclic amines) is 1. The van der Waals surface area contributed by atoms with E-state index >= 15 is 0 Å². The molecule has 0 radical (unpaired) electrons. The third-order valence-corrected chi connectivity index (χ3v) is 5.24. The zero-order chi connectivity index (χ0) is 15.0. The molecule has 3 aliphatic rings. The molecular formula is C17H23N3O2. The third-order valence-electron chi connectivity index (χ3n) is 5.24. The molecule has 22 heavy (non-hydrogen) atoms. The second kappa shape index (κ2) is 5.56. The number of carbonyl (C=O) groups excluding carboxylic acids is 1. The average Bonchev–Trinajstić information content (AvgIpc) is 2.95. The van der Waals surface area contributed by atoms with Crippen LogP contribution in [-0.4, -0.2) is 55.1 Å². The summed E-state index contributed by atoms with van der Waals surface area (Å²) in [5.41, 5.74) is 2.49. The molecule has 1 N–H and O–H groups in total. The number of carbonyl (C=O) groups is 1. The minimum Gasteiger partial charge on any atom is -0.365 e. The van der Waals surface area contributed by atoms with Crippen LogP contribution in [-0.2, 0) is 16.9 Å². The number of ether oxygens (including phenoxy) is 1. The van der Waals surface area contributed by atoms with Gasteiger partial charge >= 0.3 is 6.03 Å². The Balaban J connectivity index is 1.44. The van der Waals surface area contributed by atoms with Gasteiger partial charge in [0.15, 0.2) is 0 Å². The molecule has 5 heteroatoms. The minimum atomic E-state index is -0.156. The van der Waals surface area contributed by atoms with Gasteiger partial charge in [-0.2, -0.15) is 0 Å². The van der Waals surface area contributed by atoms with Crippen molar-refractivity contribution < 1.29 is 9.53 Å². The number of nitrogens with one attached hydrogen (secondary N) is 1. The molecule has 2 amide bonds. The molecular weight excluding hydrogens is 278 g/mol. The molecule has 5 nitrogen and oxygen atoms in total. The van der Waals surface area contributed by atoms with Crippen molar-refractivity contribution in [3.8, 4) is 0 Å². The molecule has 0 bridgehead atoms. The zero-order valence-electron chi connectivity index (χ0n) is 12.9. The number of hydrogen-bond acceptors (Lipinski definition) is 3. The largest absolute Gasteiger partial charge is 0.365 e. The van der Waals surface area contributed by atoms with E-state index in [1.54, 1.807) is 0 Å². The third kappa shape index (κ3) is 2.29. The number of piperidine rings is 1. The molecule has 0 aliphatic carbocycles. The van der Waals surface area contributed by atoms with Gasteiger partial charge in [0.05, 0.1) is 12.2 Å². The lowest BCUT2D eigenvalue weighted by atomic mass is 9.84. The Morgan fingerprint density at radius 3 is 2.50 bits per heavy atom. The molecule has 2 saturated heterocycles. The standard InChI is InChI=1S/C17H23N3O2/c21-16(20-11-7-18-8-12-20)19-9-5-17(6-10-19)15-4-2-1-3-14(15)13-22-17/h1-4,18H,5-13H2. The van der Waals surface area contributed by atoms with Crippen LogP contribution in [0.5, 0.6) is 0 Å². The van der Waals surface area contributed by atoms with Crippen LogP contribution in [0.15, 0.2) is 24.3 Å². The zero-order valence-corrected chi connectivity index (χ0v) is 12.9. The number of hydrogen-bond donors (Lipinski definition) is 1. The number of piperazine rings is 1. The van der Waals surface area contributed by atoms with E-state index in [1.807, 2.05) is 9.80 Å². The fourth-order valence-electron chi connectivity index (χ4n) is 3.91. The SMILES string of the molecule is O=C(N1CCNCC1)N1CCC2(CC1)OCc1ccccc12. The maximum Gasteiger partial charge on any atom is 0.320 e. The molecule has 1 aromatic rings. The van der Waals surface area contributed by atoms with Crippen LogP contribution >= 0.6 is 0 Å². The summed E-state index contributed by atoms with van der Waals surface area (Å²) in [5.74, 6) is 0. The lowest BCUT2D eigenvalue weighted by molar-refractivity contribution is -0.0743. The highest BCUT2D eigenvalue weighted by Crippen LogP contribution is 2.44. The molecule has 0 aromatic heterocycles. The molecule has 2 fully saturated rings. The lowest BCUT2D eigenvalue weighted by Crippen LogP contribution is -2.54. The van der Waals surface area contributed by atoms with Crippen LogP contribution in [0.4, 0.5) is 4.79 Å². The van der Waals surface area contributed by atoms with Crippen molar-refractivity contribution in [3.05, 3.63) is 35.4 Å². The number of nitrogens with zero attached hydrogens (tertiary/aromatic N) is 2. The van der Waals surface area contributed by atoms with Gasteiger partial charge in [-0.05, 0) is 24.0 Å². The van der Waals surface area contributed by atoms with Crippen molar-refractivity contribution in [3.63, 3.8) is 0 Å². The van der Waals surface area contributed by atoms with Crippen LogP contribution < -0.4 is 5.32 Å². The van der Waals surface area contributed by atoms with Crippen LogP contribution in [0.2, 0.25) is 0 Å². The van der Waals surface area contributed by atoms with Gasteiger partial charge in [-0.3, -0.25) is 0 Å². The van der Waals surface area contributed by atoms with Gasteiger partial charge in [-0.1, -0.05) is 24.3 Å². The quantitative estimate of drug-likeness (QED) is 0.790. The predicted octanol–water partition coefficient (Wildman–Crippen LogP) is 1.53. The summed E-state index contributed by atoms with van der Waals surface area (Å²) >= 11 is 0. The highest BCUT2D eigenvalue weighted by molar-refractivity contribution is 5.74. The van der Waals surface area contributed by atoms with E-state index in [4.69, 9.17) is 4.74 Å². The first-order valence-corrected chi connectivity index (χ1v) is 8.25. The summed E-state index contributed by atoms with van der Waals surface area (Å²) < 4.78 is 6.16. The second-order valence-corrected chi connectivity index (χ2v) is 6.45. The van der Waals surface area contributed by atoms with E-state index < -0.39 is 0 Å². The number of urea groups is 1. The van der Waals surface area contributed by atoms with Crippen LogP contribution in [0.3, 0.4) is 0 Å². The summed E-state index contributed by atoms with van der Waals surface area (Å²) in [6.07, 6.45) is 1.81. The van der Waals surface area contributed by atoms with Gasteiger partial charge in [0.25, 0.3) is 0 Å². The summed E-state index contributed by atoms with van der Waals surface area (Å²) in [6, 6.07) is 8.71. The number of rotatable bonds is 0. The summed E-state index contributed by atoms with van der Waals surface area (Å²) in [5, 5.41) is 3.29. The molecule has 1 spiro atoms. The summed E-state index contributed by atoms with van der Waals surface area (Å²) in [7, 11) is 0. The maximum absolute atomic E-state index is 12.6. The van der Waals surface area contributed by atoms with Gasteiger partial charge in [0.1, 0.15) is 0 Å². The maximum atomic E-state index is 12.6. The van der Waals surface area contributed by atoms with Crippen LogP contribution in [0.1, 0.15) is 24.0 Å². The van der Waals surface area contributed by atoms with Crippen LogP contribution in [0.25, 0.3) is 0 Å². The molecule has 1 aromatic carbocycles. The Labute approximate surface area is 131 Å². The van der Waals surface area contributed by atoms with Crippen LogP contribution in [0, 0.1) is 0 Å². The van der Waals surface area contributed by atoms with Crippen molar-refractivity contribution in [1.82, 2.24) is 15.1 Å². The van der Waals surface area contributed by atoms with Gasteiger partial charge < -0.3 is 19.9 Å². The summed E-state index contributed by atoms with van der Waals surface area (Å²) in [6.45, 7) is 5.73. The first-order valence-electron chi connectivity index (χ1n) is 8.25. The molecule has 0 atom stereocenters. The van der Waals surface area contributed by atoms with Gasteiger partial charge in [0, 0.05) is 39.3 Å². The average molecular weight is 301 g/mol. The first kappa shape index (κ1) is 14.0. The Morgan fingerprint density at radius 2 is 1.73 bits per heavy atom. The molecule has 0 unspecified atom stereocenters. The number of benzene rings is 1. The molecule has 3 heterocycles. The van der Waals surface area contributed by atoms with E-state index in [9.17, 15) is 4.79 Å². The van der Waals surface area contributed by atoms with Gasteiger partial charge in [-0.15, -0.1) is 0 Å². The van der Waals surface area contributed by atoms with Crippen molar-refractivity contribution in [2.45, 2.75) is 25.0 Å². The Hall–Kier alpha value is -1.59. The second-order valence-electron chi connectivity index (χ2n) is 6.45. The van der Waals surface area contributed by atoms with E-state index in [0.29, 0.717) is 6.61 Å². The van der Waals surface area contributed by atoms with E-state index in [2.05, 4.69) is 29.6 Å². The van der Waals surface area contributed by atoms with E-state index in [0.717, 1.165) is 52.1 Å². The highest BCUT2D eigenvalue weighted by atomic mass is 16.5. The van der Waals surface area contributed by atoms with Gasteiger partial charge in [0.2, 0.25) is 0 Å². The fraction of sp³-hybridized carbons (Fsp3) is 0.588. The Bertz CT molecular complexity index is 561. The predicted molar refractivity (Wildman–Crippen MR) is 83.6 cm³/mol. The van der Waals surface area contributed by atoms with E-state index in [1.165, 1.54) is 11.1 Å². The number of fused-ring (bicyclic) bond motifs is 2. The normalized spacial score (nSPS) is 23.6. The topological polar surface area (TPSA) is 44.8 Å². The monoisotopic (exact) mass is 301 g/mol. The molecule has 3 aliphatic heterocycles. The van der Waals surface area contributed by atoms with Crippen molar-refractivity contribution in [2.75, 3.05) is 39.3 Å². The number of amides is 2. The minimum absolute atomic E-state index is 0.156. The summed E-state index contributed by atoms with van der Waals surface area (Å²) in [4.78, 5) is 16.6. The molecule has 118 valence electrons. The highest BCUT2D eigenvalue weighted by Gasteiger charge is 2.43. The first-order chi connectivity index (χ1) is 10.8. The smallest absolute Gasteiger partial charge is 0.320 e. The van der Waals surface area contributed by atoms with E-state index in [-0.39, 0.29) is 11.6 Å².